The van der Waals surface area contributed by atoms with Gasteiger partial charge >= 0.3 is 11.9 Å². The van der Waals surface area contributed by atoms with E-state index >= 15 is 0 Å². The minimum Gasteiger partial charge on any atom is -0.462 e. The molecule has 53 heavy (non-hydrogen) atoms. The number of hydrogen-bond acceptors (Lipinski definition) is 10. The Kier molecular flexibility index (Phi) is 33.0. The summed E-state index contributed by atoms with van der Waals surface area (Å²) in [6, 6.07) is 0. The van der Waals surface area contributed by atoms with E-state index in [1.54, 1.807) is 0 Å². The van der Waals surface area contributed by atoms with Gasteiger partial charge < -0.3 is 39.4 Å². The van der Waals surface area contributed by atoms with Gasteiger partial charge in [0.1, 0.15) is 31.0 Å². The highest BCUT2D eigenvalue weighted by Crippen LogP contribution is 2.23. The summed E-state index contributed by atoms with van der Waals surface area (Å²) in [5, 5.41) is 40.0. The number of rotatable bonds is 37. The van der Waals surface area contributed by atoms with Crippen LogP contribution in [0.3, 0.4) is 0 Å². The van der Waals surface area contributed by atoms with Gasteiger partial charge in [-0.2, -0.15) is 0 Å². The van der Waals surface area contributed by atoms with Crippen LogP contribution in [0.25, 0.3) is 0 Å². The first-order valence-electron chi connectivity index (χ1n) is 22.1. The molecule has 1 heterocycles. The van der Waals surface area contributed by atoms with Crippen molar-refractivity contribution in [2.75, 3.05) is 19.8 Å². The molecule has 0 amide bonds. The fourth-order valence-electron chi connectivity index (χ4n) is 6.95. The van der Waals surface area contributed by atoms with Gasteiger partial charge in [0.05, 0.1) is 13.2 Å². The van der Waals surface area contributed by atoms with Crippen LogP contribution < -0.4 is 0 Å². The highest BCUT2D eigenvalue weighted by atomic mass is 16.7. The summed E-state index contributed by atoms with van der Waals surface area (Å²) in [7, 11) is 0. The minimum atomic E-state index is -1.59. The zero-order valence-electron chi connectivity index (χ0n) is 34.0. The maximum absolute atomic E-state index is 12.7. The molecular weight excluding hydrogens is 676 g/mol. The van der Waals surface area contributed by atoms with E-state index in [2.05, 4.69) is 13.8 Å². The van der Waals surface area contributed by atoms with E-state index in [4.69, 9.17) is 18.9 Å². The van der Waals surface area contributed by atoms with Gasteiger partial charge in [-0.3, -0.25) is 9.59 Å². The van der Waals surface area contributed by atoms with E-state index < -0.39 is 49.4 Å². The molecule has 0 aromatic carbocycles. The second kappa shape index (κ2) is 35.1. The monoisotopic (exact) mass is 759 g/mol. The summed E-state index contributed by atoms with van der Waals surface area (Å²) in [4.78, 5) is 25.2. The molecule has 4 N–H and O–H groups in total. The zero-order valence-corrected chi connectivity index (χ0v) is 34.0. The first-order valence-corrected chi connectivity index (χ1v) is 22.1. The average molecular weight is 759 g/mol. The standard InChI is InChI=1S/C43H82O10/c1-3-5-7-9-11-13-15-16-17-18-19-20-21-22-24-26-28-30-32-39(46)52-36(35-51-43-42(49)41(48)40(47)37(33-44)53-43)34-50-38(45)31-29-27-25-23-14-12-10-8-6-4-2/h36-37,40-44,47-49H,3-35H2,1-2H3. The molecular formula is C43H82O10. The molecule has 1 fully saturated rings. The fraction of sp³-hybridized carbons (Fsp3) is 0.953. The van der Waals surface area contributed by atoms with E-state index in [-0.39, 0.29) is 32.0 Å². The second-order valence-electron chi connectivity index (χ2n) is 15.5. The zero-order chi connectivity index (χ0) is 38.8. The van der Waals surface area contributed by atoms with Crippen molar-refractivity contribution in [3.05, 3.63) is 0 Å². The maximum atomic E-state index is 12.7. The number of carbonyl (C=O) groups is 2. The third-order valence-corrected chi connectivity index (χ3v) is 10.5. The Morgan fingerprint density at radius 1 is 0.509 bits per heavy atom. The molecule has 0 bridgehead atoms. The topological polar surface area (TPSA) is 152 Å². The van der Waals surface area contributed by atoms with Gasteiger partial charge in [-0.15, -0.1) is 0 Å². The van der Waals surface area contributed by atoms with Crippen LogP contribution in [0.2, 0.25) is 0 Å². The van der Waals surface area contributed by atoms with Gasteiger partial charge in [-0.25, -0.2) is 0 Å². The van der Waals surface area contributed by atoms with E-state index in [1.807, 2.05) is 0 Å². The molecule has 1 aliphatic rings. The smallest absolute Gasteiger partial charge is 0.306 e. The first kappa shape index (κ1) is 49.7. The third-order valence-electron chi connectivity index (χ3n) is 10.5. The Morgan fingerprint density at radius 2 is 0.887 bits per heavy atom. The Labute approximate surface area is 323 Å². The molecule has 10 nitrogen and oxygen atoms in total. The van der Waals surface area contributed by atoms with Crippen molar-refractivity contribution in [1.29, 1.82) is 0 Å². The SMILES string of the molecule is CCCCCCCCCCCCCCCCCCCCC(=O)OC(COC(=O)CCCCCCCCCCCC)COC1OC(CO)C(O)C(O)C1O. The van der Waals surface area contributed by atoms with E-state index in [0.29, 0.717) is 6.42 Å². The van der Waals surface area contributed by atoms with Crippen LogP contribution in [-0.4, -0.2) is 89.0 Å². The summed E-state index contributed by atoms with van der Waals surface area (Å²) < 4.78 is 22.1. The van der Waals surface area contributed by atoms with Gasteiger partial charge in [-0.1, -0.05) is 181 Å². The average Bonchev–Trinajstić information content (AvgIpc) is 3.15. The molecule has 0 aromatic rings. The van der Waals surface area contributed by atoms with Crippen LogP contribution in [0.15, 0.2) is 0 Å². The molecule has 6 unspecified atom stereocenters. The molecule has 6 atom stereocenters. The normalized spacial score (nSPS) is 20.8. The Balaban J connectivity index is 2.29. The summed E-state index contributed by atoms with van der Waals surface area (Å²) in [5.74, 6) is -0.795. The maximum Gasteiger partial charge on any atom is 0.306 e. The largest absolute Gasteiger partial charge is 0.462 e. The van der Waals surface area contributed by atoms with Gasteiger partial charge in [0.25, 0.3) is 0 Å². The number of aliphatic hydroxyl groups excluding tert-OH is 4. The lowest BCUT2D eigenvalue weighted by atomic mass is 9.99. The highest BCUT2D eigenvalue weighted by Gasteiger charge is 2.44. The van der Waals surface area contributed by atoms with Gasteiger partial charge in [0.2, 0.25) is 0 Å². The van der Waals surface area contributed by atoms with Crippen molar-refractivity contribution in [2.45, 2.75) is 243 Å². The number of hydrogen-bond donors (Lipinski definition) is 4. The van der Waals surface area contributed by atoms with Crippen LogP contribution in [0.1, 0.15) is 206 Å². The third kappa shape index (κ3) is 27.0. The van der Waals surface area contributed by atoms with Gasteiger partial charge in [0.15, 0.2) is 12.4 Å². The van der Waals surface area contributed by atoms with Crippen LogP contribution in [0.5, 0.6) is 0 Å². The molecule has 0 aliphatic carbocycles. The number of unbranched alkanes of at least 4 members (excludes halogenated alkanes) is 26. The molecule has 1 aliphatic heterocycles. The molecule has 1 rings (SSSR count). The molecule has 0 spiro atoms. The molecule has 0 aromatic heterocycles. The van der Waals surface area contributed by atoms with Crippen LogP contribution >= 0.6 is 0 Å². The van der Waals surface area contributed by atoms with Gasteiger partial charge in [-0.05, 0) is 12.8 Å². The molecule has 1 saturated heterocycles. The van der Waals surface area contributed by atoms with Crippen molar-refractivity contribution in [3.63, 3.8) is 0 Å². The lowest BCUT2D eigenvalue weighted by Gasteiger charge is -2.39. The van der Waals surface area contributed by atoms with E-state index in [1.165, 1.54) is 135 Å². The van der Waals surface area contributed by atoms with Crippen molar-refractivity contribution in [2.24, 2.45) is 0 Å². The Bertz CT molecular complexity index is 840. The Morgan fingerprint density at radius 3 is 1.28 bits per heavy atom. The Hall–Kier alpha value is -1.30. The highest BCUT2D eigenvalue weighted by molar-refractivity contribution is 5.70. The van der Waals surface area contributed by atoms with Crippen LogP contribution in [0, 0.1) is 0 Å². The summed E-state index contributed by atoms with van der Waals surface area (Å²) >= 11 is 0. The number of aliphatic hydroxyl groups is 4. The summed E-state index contributed by atoms with van der Waals surface area (Å²) in [6.07, 6.45) is 26.9. The lowest BCUT2D eigenvalue weighted by molar-refractivity contribution is -0.305. The molecule has 0 saturated carbocycles. The fourth-order valence-corrected chi connectivity index (χ4v) is 6.95. The predicted molar refractivity (Wildman–Crippen MR) is 210 cm³/mol. The molecule has 0 radical (unpaired) electrons. The van der Waals surface area contributed by atoms with Crippen LogP contribution in [-0.2, 0) is 28.5 Å². The number of esters is 2. The number of ether oxygens (including phenoxy) is 4. The van der Waals surface area contributed by atoms with E-state index in [0.717, 1.165) is 38.5 Å². The van der Waals surface area contributed by atoms with Crippen LogP contribution in [0.4, 0.5) is 0 Å². The van der Waals surface area contributed by atoms with Gasteiger partial charge in [0, 0.05) is 12.8 Å². The quantitative estimate of drug-likeness (QED) is 0.0357. The summed E-state index contributed by atoms with van der Waals surface area (Å²) in [5.41, 5.74) is 0. The second-order valence-corrected chi connectivity index (χ2v) is 15.5. The first-order chi connectivity index (χ1) is 25.8. The number of carbonyl (C=O) groups excluding carboxylic acids is 2. The predicted octanol–water partition coefficient (Wildman–Crippen LogP) is 9.00. The minimum absolute atomic E-state index is 0.209. The van der Waals surface area contributed by atoms with Crippen molar-refractivity contribution in [3.8, 4) is 0 Å². The molecule has 314 valence electrons. The van der Waals surface area contributed by atoms with Crippen molar-refractivity contribution >= 4 is 11.9 Å². The molecule has 10 heteroatoms. The summed E-state index contributed by atoms with van der Waals surface area (Å²) in [6.45, 7) is 3.43. The van der Waals surface area contributed by atoms with E-state index in [9.17, 15) is 30.0 Å². The lowest BCUT2D eigenvalue weighted by Crippen LogP contribution is -2.59. The van der Waals surface area contributed by atoms with Crippen molar-refractivity contribution < 1.29 is 49.0 Å². The van der Waals surface area contributed by atoms with Crippen molar-refractivity contribution in [1.82, 2.24) is 0 Å².